The van der Waals surface area contributed by atoms with Crippen LogP contribution in [0.25, 0.3) is 0 Å². The number of hydrogen-bond acceptors (Lipinski definition) is 2. The fourth-order valence-electron chi connectivity index (χ4n) is 2.77. The summed E-state index contributed by atoms with van der Waals surface area (Å²) < 4.78 is 0.935. The van der Waals surface area contributed by atoms with Crippen LogP contribution < -0.4 is 5.32 Å². The molecule has 3 nitrogen and oxygen atoms in total. The van der Waals surface area contributed by atoms with E-state index in [0.717, 1.165) is 22.8 Å². The molecule has 0 fully saturated rings. The first kappa shape index (κ1) is 14.4. The van der Waals surface area contributed by atoms with Crippen LogP contribution in [0.1, 0.15) is 27.9 Å². The molecule has 0 heterocycles. The highest BCUT2D eigenvalue weighted by atomic mass is 127. The van der Waals surface area contributed by atoms with E-state index in [0.29, 0.717) is 5.56 Å². The topological polar surface area (TPSA) is 49.3 Å². The minimum atomic E-state index is -0.199. The van der Waals surface area contributed by atoms with Crippen molar-refractivity contribution in [1.29, 1.82) is 0 Å². The van der Waals surface area contributed by atoms with Crippen molar-refractivity contribution in [2.75, 3.05) is 0 Å². The van der Waals surface area contributed by atoms with Gasteiger partial charge in [-0.3, -0.25) is 4.79 Å². The maximum atomic E-state index is 12.3. The molecule has 0 radical (unpaired) electrons. The van der Waals surface area contributed by atoms with E-state index < -0.39 is 0 Å². The summed E-state index contributed by atoms with van der Waals surface area (Å²) >= 11 is 2.14. The highest BCUT2D eigenvalue weighted by molar-refractivity contribution is 14.1. The number of carbonyl (C=O) groups is 1. The Hall–Kier alpha value is -1.56. The number of phenols is 1. The number of benzene rings is 2. The third kappa shape index (κ3) is 3.20. The molecule has 2 N–H and O–H groups in total. The van der Waals surface area contributed by atoms with E-state index in [1.807, 2.05) is 6.07 Å². The van der Waals surface area contributed by atoms with Gasteiger partial charge in [0.15, 0.2) is 0 Å². The molecular weight excluding hydrogens is 377 g/mol. The summed E-state index contributed by atoms with van der Waals surface area (Å²) in [5, 5.41) is 12.9. The molecule has 0 saturated carbocycles. The number of fused-ring (bicyclic) bond motifs is 1. The SMILES string of the molecule is O=C(NC1CCc2ccccc2C1)c1cc(I)ccc1O. The Morgan fingerprint density at radius 1 is 1.19 bits per heavy atom. The van der Waals surface area contributed by atoms with Crippen LogP contribution in [-0.4, -0.2) is 17.1 Å². The summed E-state index contributed by atoms with van der Waals surface area (Å²) in [7, 11) is 0. The lowest BCUT2D eigenvalue weighted by Crippen LogP contribution is -2.38. The molecule has 21 heavy (non-hydrogen) atoms. The van der Waals surface area contributed by atoms with Crippen molar-refractivity contribution in [3.63, 3.8) is 0 Å². The maximum absolute atomic E-state index is 12.3. The zero-order valence-corrected chi connectivity index (χ0v) is 13.6. The van der Waals surface area contributed by atoms with Gasteiger partial charge in [0.1, 0.15) is 5.75 Å². The van der Waals surface area contributed by atoms with E-state index in [4.69, 9.17) is 0 Å². The fraction of sp³-hybridized carbons (Fsp3) is 0.235. The van der Waals surface area contributed by atoms with Crippen LogP contribution >= 0.6 is 22.6 Å². The van der Waals surface area contributed by atoms with Crippen LogP contribution in [0.5, 0.6) is 5.75 Å². The van der Waals surface area contributed by atoms with E-state index in [-0.39, 0.29) is 17.7 Å². The Labute approximate surface area is 137 Å². The van der Waals surface area contributed by atoms with Crippen molar-refractivity contribution in [2.45, 2.75) is 25.3 Å². The quantitative estimate of drug-likeness (QED) is 0.770. The van der Waals surface area contributed by atoms with E-state index >= 15 is 0 Å². The number of amides is 1. The van der Waals surface area contributed by atoms with Gasteiger partial charge in [0.2, 0.25) is 0 Å². The van der Waals surface area contributed by atoms with Crippen molar-refractivity contribution >= 4 is 28.5 Å². The number of halogens is 1. The normalized spacial score (nSPS) is 17.1. The summed E-state index contributed by atoms with van der Waals surface area (Å²) in [6.45, 7) is 0. The Kier molecular flexibility index (Phi) is 4.14. The van der Waals surface area contributed by atoms with Crippen molar-refractivity contribution in [3.8, 4) is 5.75 Å². The van der Waals surface area contributed by atoms with Gasteiger partial charge in [0.05, 0.1) is 5.56 Å². The molecule has 1 aliphatic carbocycles. The number of rotatable bonds is 2. The zero-order valence-electron chi connectivity index (χ0n) is 11.5. The number of aromatic hydroxyl groups is 1. The van der Waals surface area contributed by atoms with E-state index in [9.17, 15) is 9.90 Å². The van der Waals surface area contributed by atoms with Gasteiger partial charge in [-0.25, -0.2) is 0 Å². The molecule has 1 unspecified atom stereocenters. The molecule has 2 aromatic rings. The minimum Gasteiger partial charge on any atom is -0.507 e. The molecule has 0 bridgehead atoms. The molecule has 1 atom stereocenters. The molecule has 108 valence electrons. The largest absolute Gasteiger partial charge is 0.507 e. The van der Waals surface area contributed by atoms with Gasteiger partial charge in [-0.15, -0.1) is 0 Å². The van der Waals surface area contributed by atoms with Crippen LogP contribution in [-0.2, 0) is 12.8 Å². The number of carbonyl (C=O) groups excluding carboxylic acids is 1. The third-order valence-corrected chi connectivity index (χ3v) is 4.56. The van der Waals surface area contributed by atoms with E-state index in [2.05, 4.69) is 46.1 Å². The van der Waals surface area contributed by atoms with E-state index in [1.54, 1.807) is 18.2 Å². The second-order valence-electron chi connectivity index (χ2n) is 5.34. The van der Waals surface area contributed by atoms with Crippen molar-refractivity contribution in [2.24, 2.45) is 0 Å². The molecule has 0 aliphatic heterocycles. The Morgan fingerprint density at radius 3 is 2.76 bits per heavy atom. The maximum Gasteiger partial charge on any atom is 0.255 e. The molecule has 4 heteroatoms. The number of aryl methyl sites for hydroxylation is 1. The monoisotopic (exact) mass is 393 g/mol. The second kappa shape index (κ2) is 6.05. The standard InChI is InChI=1S/C17H16INO2/c18-13-6-8-16(20)15(10-13)17(21)19-14-7-5-11-3-1-2-4-12(11)9-14/h1-4,6,8,10,14,20H,5,7,9H2,(H,19,21). The van der Waals surface area contributed by atoms with Crippen LogP contribution in [0, 0.1) is 3.57 Å². The Bertz CT molecular complexity index is 684. The average Bonchev–Trinajstić information content (AvgIpc) is 2.49. The molecule has 0 spiro atoms. The van der Waals surface area contributed by atoms with Gasteiger partial charge < -0.3 is 10.4 Å². The number of nitrogens with one attached hydrogen (secondary N) is 1. The molecule has 0 aromatic heterocycles. The first-order chi connectivity index (χ1) is 10.1. The summed E-state index contributed by atoms with van der Waals surface area (Å²) in [5.74, 6) is -0.167. The number of phenolic OH excluding ortho intramolecular Hbond substituents is 1. The second-order valence-corrected chi connectivity index (χ2v) is 6.59. The fourth-order valence-corrected chi connectivity index (χ4v) is 3.27. The van der Waals surface area contributed by atoms with Gasteiger partial charge >= 0.3 is 0 Å². The van der Waals surface area contributed by atoms with Crippen LogP contribution in [0.3, 0.4) is 0 Å². The minimum absolute atomic E-state index is 0.0316. The predicted molar refractivity (Wildman–Crippen MR) is 90.5 cm³/mol. The lowest BCUT2D eigenvalue weighted by molar-refractivity contribution is 0.0931. The van der Waals surface area contributed by atoms with Crippen molar-refractivity contribution < 1.29 is 9.90 Å². The summed E-state index contributed by atoms with van der Waals surface area (Å²) in [5.41, 5.74) is 3.03. The lowest BCUT2D eigenvalue weighted by atomic mass is 9.88. The lowest BCUT2D eigenvalue weighted by Gasteiger charge is -2.25. The summed E-state index contributed by atoms with van der Waals surface area (Å²) in [6, 6.07) is 13.5. The Balaban J connectivity index is 1.73. The average molecular weight is 393 g/mol. The number of hydrogen-bond donors (Lipinski definition) is 2. The van der Waals surface area contributed by atoms with Crippen LogP contribution in [0.15, 0.2) is 42.5 Å². The van der Waals surface area contributed by atoms with Gasteiger partial charge in [-0.05, 0) is 71.2 Å². The highest BCUT2D eigenvalue weighted by Gasteiger charge is 2.21. The smallest absolute Gasteiger partial charge is 0.255 e. The van der Waals surface area contributed by atoms with Crippen molar-refractivity contribution in [1.82, 2.24) is 5.32 Å². The molecule has 2 aromatic carbocycles. The van der Waals surface area contributed by atoms with Crippen LogP contribution in [0.4, 0.5) is 0 Å². The van der Waals surface area contributed by atoms with Gasteiger partial charge in [0, 0.05) is 9.61 Å². The predicted octanol–water partition coefficient (Wildman–Crippen LogP) is 3.28. The molecule has 1 aliphatic rings. The summed E-state index contributed by atoms with van der Waals surface area (Å²) in [6.07, 6.45) is 2.78. The Morgan fingerprint density at radius 2 is 1.95 bits per heavy atom. The molecule has 3 rings (SSSR count). The highest BCUT2D eigenvalue weighted by Crippen LogP contribution is 2.23. The van der Waals surface area contributed by atoms with Gasteiger partial charge in [0.25, 0.3) is 5.91 Å². The zero-order chi connectivity index (χ0) is 14.8. The van der Waals surface area contributed by atoms with Gasteiger partial charge in [-0.1, -0.05) is 24.3 Å². The van der Waals surface area contributed by atoms with Gasteiger partial charge in [-0.2, -0.15) is 0 Å². The summed E-state index contributed by atoms with van der Waals surface area (Å²) in [4.78, 5) is 12.3. The molecular formula is C17H16INO2. The van der Waals surface area contributed by atoms with Crippen LogP contribution in [0.2, 0.25) is 0 Å². The molecule has 0 saturated heterocycles. The third-order valence-electron chi connectivity index (χ3n) is 3.89. The van der Waals surface area contributed by atoms with E-state index in [1.165, 1.54) is 11.1 Å². The first-order valence-corrected chi connectivity index (χ1v) is 8.07. The molecule has 1 amide bonds. The first-order valence-electron chi connectivity index (χ1n) is 6.99. The van der Waals surface area contributed by atoms with Crippen molar-refractivity contribution in [3.05, 3.63) is 62.7 Å².